The smallest absolute Gasteiger partial charge is 0.415 e. The van der Waals surface area contributed by atoms with Gasteiger partial charge in [-0.1, -0.05) is 60.7 Å². The Kier molecular flexibility index (Phi) is 10.4. The molecule has 2 heterocycles. The SMILES string of the molecule is COC(=O)N(c1cncs1)[C@@H](CNC[C@@H](Cc1ccccc1)N(C(=O)OC)c1cncs1)Cc1ccccc1. The number of hydrogen-bond donors (Lipinski definition) is 1. The molecule has 0 aliphatic rings. The second kappa shape index (κ2) is 14.4. The number of benzene rings is 2. The van der Waals surface area contributed by atoms with Gasteiger partial charge in [-0.25, -0.2) is 9.59 Å². The summed E-state index contributed by atoms with van der Waals surface area (Å²) in [5, 5.41) is 4.94. The number of nitrogens with one attached hydrogen (secondary N) is 1. The topological polar surface area (TPSA) is 96.9 Å². The van der Waals surface area contributed by atoms with E-state index < -0.39 is 12.2 Å². The van der Waals surface area contributed by atoms with E-state index in [1.54, 1.807) is 33.2 Å². The number of carbonyl (C=O) groups is 2. The molecule has 2 aromatic carbocycles. The number of thiazole rings is 2. The van der Waals surface area contributed by atoms with Gasteiger partial charge < -0.3 is 14.8 Å². The van der Waals surface area contributed by atoms with Crippen LogP contribution in [0.5, 0.6) is 0 Å². The molecule has 4 aromatic rings. The van der Waals surface area contributed by atoms with E-state index in [2.05, 4.69) is 15.3 Å². The van der Waals surface area contributed by atoms with Gasteiger partial charge in [-0.15, -0.1) is 22.7 Å². The molecular weight excluding hydrogens is 534 g/mol. The molecule has 0 aliphatic heterocycles. The first-order valence-electron chi connectivity index (χ1n) is 12.4. The predicted octanol–water partition coefficient (Wildman–Crippen LogP) is 5.26. The van der Waals surface area contributed by atoms with Gasteiger partial charge in [-0.3, -0.25) is 19.8 Å². The lowest BCUT2D eigenvalue weighted by Gasteiger charge is -2.32. The van der Waals surface area contributed by atoms with Crippen molar-refractivity contribution in [2.75, 3.05) is 37.1 Å². The van der Waals surface area contributed by atoms with Gasteiger partial charge in [0.15, 0.2) is 0 Å². The predicted molar refractivity (Wildman–Crippen MR) is 155 cm³/mol. The van der Waals surface area contributed by atoms with E-state index in [1.807, 2.05) is 60.7 Å². The number of nitrogens with zero attached hydrogens (tertiary/aromatic N) is 4. The second-order valence-corrected chi connectivity index (χ2v) is 10.4. The van der Waals surface area contributed by atoms with Crippen molar-refractivity contribution in [2.24, 2.45) is 0 Å². The molecule has 2 aromatic heterocycles. The van der Waals surface area contributed by atoms with E-state index in [0.717, 1.165) is 11.1 Å². The van der Waals surface area contributed by atoms with Crippen LogP contribution >= 0.6 is 22.7 Å². The van der Waals surface area contributed by atoms with Gasteiger partial charge in [0.2, 0.25) is 0 Å². The summed E-state index contributed by atoms with van der Waals surface area (Å²) in [7, 11) is 2.76. The van der Waals surface area contributed by atoms with Crippen LogP contribution in [0.1, 0.15) is 11.1 Å². The zero-order chi connectivity index (χ0) is 27.5. The van der Waals surface area contributed by atoms with Crippen LogP contribution < -0.4 is 15.1 Å². The Morgan fingerprint density at radius 2 is 1.15 bits per heavy atom. The molecular formula is C28H31N5O4S2. The minimum Gasteiger partial charge on any atom is -0.452 e. The van der Waals surface area contributed by atoms with Crippen LogP contribution in [0.4, 0.5) is 19.6 Å². The lowest BCUT2D eigenvalue weighted by molar-refractivity contribution is 0.175. The molecule has 0 saturated heterocycles. The fourth-order valence-electron chi connectivity index (χ4n) is 4.39. The van der Waals surface area contributed by atoms with Gasteiger partial charge in [-0.2, -0.15) is 0 Å². The monoisotopic (exact) mass is 565 g/mol. The summed E-state index contributed by atoms with van der Waals surface area (Å²) < 4.78 is 10.3. The highest BCUT2D eigenvalue weighted by atomic mass is 32.1. The Bertz CT molecular complexity index is 1170. The molecule has 0 fully saturated rings. The number of methoxy groups -OCH3 is 2. The first kappa shape index (κ1) is 28.2. The normalized spacial score (nSPS) is 12.4. The molecule has 39 heavy (non-hydrogen) atoms. The second-order valence-electron chi connectivity index (χ2n) is 8.70. The highest BCUT2D eigenvalue weighted by Crippen LogP contribution is 2.26. The maximum absolute atomic E-state index is 13.0. The zero-order valence-corrected chi connectivity index (χ0v) is 23.4. The number of carbonyl (C=O) groups excluding carboxylic acids is 2. The molecule has 11 heteroatoms. The van der Waals surface area contributed by atoms with Crippen LogP contribution in [0.3, 0.4) is 0 Å². The summed E-state index contributed by atoms with van der Waals surface area (Å²) in [6.07, 6.45) is 3.62. The van der Waals surface area contributed by atoms with E-state index >= 15 is 0 Å². The molecule has 1 N–H and O–H groups in total. The molecule has 2 amide bonds. The summed E-state index contributed by atoms with van der Waals surface area (Å²) >= 11 is 2.75. The van der Waals surface area contributed by atoms with Crippen LogP contribution in [-0.2, 0) is 22.3 Å². The third-order valence-corrected chi connectivity index (χ3v) is 7.72. The van der Waals surface area contributed by atoms with E-state index in [-0.39, 0.29) is 12.1 Å². The summed E-state index contributed by atoms with van der Waals surface area (Å²) in [5.74, 6) is 0. The van der Waals surface area contributed by atoms with Crippen molar-refractivity contribution >= 4 is 44.9 Å². The zero-order valence-electron chi connectivity index (χ0n) is 21.8. The number of ether oxygens (including phenoxy) is 2. The van der Waals surface area contributed by atoms with Gasteiger partial charge in [0, 0.05) is 13.1 Å². The minimum atomic E-state index is -0.455. The molecule has 0 saturated carbocycles. The first-order valence-corrected chi connectivity index (χ1v) is 14.2. The third kappa shape index (κ3) is 7.62. The summed E-state index contributed by atoms with van der Waals surface area (Å²) in [4.78, 5) is 37.5. The molecule has 0 unspecified atom stereocenters. The van der Waals surface area contributed by atoms with Gasteiger partial charge in [-0.05, 0) is 24.0 Å². The summed E-state index contributed by atoms with van der Waals surface area (Å²) in [5.41, 5.74) is 5.56. The van der Waals surface area contributed by atoms with Crippen molar-refractivity contribution < 1.29 is 19.1 Å². The Hall–Kier alpha value is -3.80. The molecule has 2 atom stereocenters. The van der Waals surface area contributed by atoms with Crippen molar-refractivity contribution in [2.45, 2.75) is 24.9 Å². The average Bonchev–Trinajstić information content (AvgIpc) is 3.69. The molecule has 0 bridgehead atoms. The Morgan fingerprint density at radius 3 is 1.49 bits per heavy atom. The van der Waals surface area contributed by atoms with Gasteiger partial charge in [0.1, 0.15) is 10.0 Å². The largest absolute Gasteiger partial charge is 0.452 e. The molecule has 204 valence electrons. The molecule has 9 nitrogen and oxygen atoms in total. The highest BCUT2D eigenvalue weighted by Gasteiger charge is 2.30. The van der Waals surface area contributed by atoms with E-state index in [4.69, 9.17) is 9.47 Å². The van der Waals surface area contributed by atoms with Crippen LogP contribution in [0, 0.1) is 0 Å². The number of aromatic nitrogens is 2. The standard InChI is InChI=1S/C28H31N5O4S2/c1-36-27(34)32(25-17-30-19-38-25)23(13-21-9-5-3-6-10-21)15-29-16-24(14-22-11-7-4-8-12-22)33(28(35)37-2)26-18-31-20-39-26/h3-12,17-20,23-24,29H,13-16H2,1-2H3/t23-,24-/m1/s1. The summed E-state index contributed by atoms with van der Waals surface area (Å²) in [6.45, 7) is 0.899. The fourth-order valence-corrected chi connectivity index (χ4v) is 5.77. The molecule has 4 rings (SSSR count). The Balaban J connectivity index is 1.59. The fraction of sp³-hybridized carbons (Fsp3) is 0.286. The Morgan fingerprint density at radius 1 is 0.744 bits per heavy atom. The van der Waals surface area contributed by atoms with Crippen LogP contribution in [-0.4, -0.2) is 61.5 Å². The van der Waals surface area contributed by atoms with E-state index in [9.17, 15) is 9.59 Å². The number of amides is 2. The van der Waals surface area contributed by atoms with Gasteiger partial charge in [0.05, 0.1) is 49.7 Å². The van der Waals surface area contributed by atoms with Gasteiger partial charge in [0.25, 0.3) is 0 Å². The minimum absolute atomic E-state index is 0.271. The average molecular weight is 566 g/mol. The number of rotatable bonds is 12. The molecule has 0 radical (unpaired) electrons. The molecule has 0 spiro atoms. The Labute approximate surface area is 236 Å². The highest BCUT2D eigenvalue weighted by molar-refractivity contribution is 7.14. The van der Waals surface area contributed by atoms with Crippen molar-refractivity contribution in [3.8, 4) is 0 Å². The number of hydrogen-bond acceptors (Lipinski definition) is 9. The van der Waals surface area contributed by atoms with Gasteiger partial charge >= 0.3 is 12.2 Å². The number of anilines is 2. The summed E-state index contributed by atoms with van der Waals surface area (Å²) in [6, 6.07) is 19.5. The van der Waals surface area contributed by atoms with E-state index in [1.165, 1.54) is 36.9 Å². The van der Waals surface area contributed by atoms with Crippen molar-refractivity contribution in [3.05, 3.63) is 95.2 Å². The maximum Gasteiger partial charge on any atom is 0.415 e. The third-order valence-electron chi connectivity index (χ3n) is 6.17. The van der Waals surface area contributed by atoms with Crippen LogP contribution in [0.15, 0.2) is 84.1 Å². The molecule has 0 aliphatic carbocycles. The lowest BCUT2D eigenvalue weighted by atomic mass is 10.0. The van der Waals surface area contributed by atoms with Crippen LogP contribution in [0.2, 0.25) is 0 Å². The van der Waals surface area contributed by atoms with Crippen molar-refractivity contribution in [1.29, 1.82) is 0 Å². The maximum atomic E-state index is 13.0. The lowest BCUT2D eigenvalue weighted by Crippen LogP contribution is -2.51. The van der Waals surface area contributed by atoms with E-state index in [0.29, 0.717) is 35.9 Å². The first-order chi connectivity index (χ1) is 19.1. The van der Waals surface area contributed by atoms with Crippen molar-refractivity contribution in [3.63, 3.8) is 0 Å². The quantitative estimate of drug-likeness (QED) is 0.250. The van der Waals surface area contributed by atoms with Crippen molar-refractivity contribution in [1.82, 2.24) is 15.3 Å². The van der Waals surface area contributed by atoms with Crippen LogP contribution in [0.25, 0.3) is 0 Å².